The molecule has 0 heterocycles. The van der Waals surface area contributed by atoms with Gasteiger partial charge in [0.25, 0.3) is 0 Å². The van der Waals surface area contributed by atoms with Crippen LogP contribution in [-0.2, 0) is 16.2 Å². The van der Waals surface area contributed by atoms with Crippen LogP contribution in [0.2, 0.25) is 0 Å². The fourth-order valence-corrected chi connectivity index (χ4v) is 12.8. The van der Waals surface area contributed by atoms with Gasteiger partial charge in [-0.3, -0.25) is 0 Å². The summed E-state index contributed by atoms with van der Waals surface area (Å²) in [6.07, 6.45) is 0. The molecule has 1 heteroatoms. The summed E-state index contributed by atoms with van der Waals surface area (Å²) < 4.78 is 0. The van der Waals surface area contributed by atoms with Crippen LogP contribution < -0.4 is 4.90 Å². The lowest BCUT2D eigenvalue weighted by atomic mass is 9.65. The van der Waals surface area contributed by atoms with Gasteiger partial charge in [-0.1, -0.05) is 258 Å². The first-order valence-electron chi connectivity index (χ1n) is 25.4. The Labute approximate surface area is 424 Å². The second kappa shape index (κ2) is 16.8. The van der Waals surface area contributed by atoms with Crippen molar-refractivity contribution >= 4 is 27.8 Å². The minimum atomic E-state index is -0.577. The highest BCUT2D eigenvalue weighted by molar-refractivity contribution is 6.09. The van der Waals surface area contributed by atoms with Gasteiger partial charge in [0.05, 0.1) is 11.1 Å². The fourth-order valence-electron chi connectivity index (χ4n) is 12.8. The summed E-state index contributed by atoms with van der Waals surface area (Å²) in [5.74, 6) is 0. The maximum absolute atomic E-state index is 2.53. The van der Waals surface area contributed by atoms with Crippen molar-refractivity contribution in [3.05, 3.63) is 305 Å². The zero-order chi connectivity index (χ0) is 48.6. The molecule has 0 saturated carbocycles. The van der Waals surface area contributed by atoms with Crippen molar-refractivity contribution in [1.29, 1.82) is 0 Å². The minimum absolute atomic E-state index is 0.121. The minimum Gasteiger partial charge on any atom is -0.310 e. The third-order valence-electron chi connectivity index (χ3n) is 16.2. The zero-order valence-corrected chi connectivity index (χ0v) is 41.3. The van der Waals surface area contributed by atoms with Gasteiger partial charge < -0.3 is 4.90 Å². The Kier molecular flexibility index (Phi) is 10.2. The number of anilines is 3. The monoisotopic (exact) mass is 921 g/mol. The van der Waals surface area contributed by atoms with Crippen LogP contribution in [0, 0.1) is 0 Å². The van der Waals surface area contributed by atoms with Gasteiger partial charge in [0.1, 0.15) is 0 Å². The maximum Gasteiger partial charge on any atom is 0.0701 e. The first kappa shape index (κ1) is 43.5. The van der Waals surface area contributed by atoms with Crippen LogP contribution in [0.3, 0.4) is 0 Å². The SMILES string of the molecule is CC1(C)c2ccccc2-c2cc(N(c3ccc(C(c4ccccc4)(c4ccccc4)c4ccccc4)cc3)c3ccc4ccccc4c3-c3ccccc3-c3cccc4c3-c3ccccc3C4(C)C)ccc21. The topological polar surface area (TPSA) is 3.24 Å². The first-order valence-corrected chi connectivity index (χ1v) is 25.4. The van der Waals surface area contributed by atoms with E-state index in [1.807, 2.05) is 0 Å². The Morgan fingerprint density at radius 3 is 1.40 bits per heavy atom. The van der Waals surface area contributed by atoms with Gasteiger partial charge in [-0.15, -0.1) is 0 Å². The summed E-state index contributed by atoms with van der Waals surface area (Å²) in [5, 5.41) is 2.41. The molecule has 0 atom stereocenters. The maximum atomic E-state index is 2.53. The van der Waals surface area contributed by atoms with E-state index in [1.165, 1.54) is 99.8 Å². The number of rotatable bonds is 9. The largest absolute Gasteiger partial charge is 0.310 e. The van der Waals surface area contributed by atoms with Crippen molar-refractivity contribution in [2.75, 3.05) is 4.90 Å². The Hall–Kier alpha value is -8.52. The van der Waals surface area contributed by atoms with E-state index in [9.17, 15) is 0 Å². The summed E-state index contributed by atoms with van der Waals surface area (Å²) in [4.78, 5) is 2.53. The predicted molar refractivity (Wildman–Crippen MR) is 303 cm³/mol. The van der Waals surface area contributed by atoms with Crippen LogP contribution in [0.4, 0.5) is 17.1 Å². The predicted octanol–water partition coefficient (Wildman–Crippen LogP) is 18.6. The molecule has 0 N–H and O–H groups in total. The second-order valence-corrected chi connectivity index (χ2v) is 20.8. The molecular weight excluding hydrogens is 867 g/mol. The molecule has 0 spiro atoms. The standard InChI is InChI=1S/C71H55N/c1-69(2)62-36-20-18-32-57(62)61-47-54(44-45-64(61)69)72(53-42-40-52(41-43-53)71(49-24-8-5-9-25-49,50-26-10-6-11-27-50)51-28-12-7-13-29-51)66-46-39-48-23-14-15-30-55(48)68(66)59-33-17-16-31-56(59)58-35-22-38-65-67(58)60-34-19-21-37-63(60)70(65,3)4/h5-47H,1-4H3. The molecule has 0 fully saturated rings. The third-order valence-corrected chi connectivity index (χ3v) is 16.2. The molecule has 0 amide bonds. The number of nitrogens with zero attached hydrogens (tertiary/aromatic N) is 1. The average Bonchev–Trinajstić information content (AvgIpc) is 3.81. The lowest BCUT2D eigenvalue weighted by Crippen LogP contribution is -2.31. The molecule has 13 rings (SSSR count). The van der Waals surface area contributed by atoms with Gasteiger partial charge in [-0.2, -0.15) is 0 Å². The lowest BCUT2D eigenvalue weighted by molar-refractivity contribution is 0.660. The molecule has 72 heavy (non-hydrogen) atoms. The zero-order valence-electron chi connectivity index (χ0n) is 41.3. The third kappa shape index (κ3) is 6.54. The van der Waals surface area contributed by atoms with E-state index in [-0.39, 0.29) is 10.8 Å². The molecule has 344 valence electrons. The normalized spacial score (nSPS) is 13.8. The quantitative estimate of drug-likeness (QED) is 0.130. The molecule has 2 aliphatic rings. The summed E-state index contributed by atoms with van der Waals surface area (Å²) in [5.41, 5.74) is 22.9. The number of fused-ring (bicyclic) bond motifs is 7. The summed E-state index contributed by atoms with van der Waals surface area (Å²) in [7, 11) is 0. The van der Waals surface area contributed by atoms with E-state index in [0.29, 0.717) is 0 Å². The Morgan fingerprint density at radius 1 is 0.292 bits per heavy atom. The first-order chi connectivity index (χ1) is 35.3. The molecule has 11 aromatic carbocycles. The number of benzene rings is 11. The van der Waals surface area contributed by atoms with Gasteiger partial charge in [0.2, 0.25) is 0 Å². The molecule has 0 saturated heterocycles. The lowest BCUT2D eigenvalue weighted by Gasteiger charge is -2.37. The Morgan fingerprint density at radius 2 is 0.750 bits per heavy atom. The van der Waals surface area contributed by atoms with Crippen LogP contribution in [0.15, 0.2) is 261 Å². The van der Waals surface area contributed by atoms with Crippen molar-refractivity contribution in [3.63, 3.8) is 0 Å². The summed E-state index contributed by atoms with van der Waals surface area (Å²) in [6.45, 7) is 9.48. The van der Waals surface area contributed by atoms with Crippen LogP contribution in [0.25, 0.3) is 55.3 Å². The van der Waals surface area contributed by atoms with Crippen molar-refractivity contribution in [2.24, 2.45) is 0 Å². The highest BCUT2D eigenvalue weighted by atomic mass is 15.1. The van der Waals surface area contributed by atoms with Gasteiger partial charge >= 0.3 is 0 Å². The van der Waals surface area contributed by atoms with Crippen molar-refractivity contribution in [3.8, 4) is 44.5 Å². The van der Waals surface area contributed by atoms with E-state index in [0.717, 1.165) is 17.1 Å². The molecule has 0 radical (unpaired) electrons. The summed E-state index contributed by atoms with van der Waals surface area (Å²) >= 11 is 0. The average molecular weight is 922 g/mol. The Balaban J connectivity index is 1.08. The molecular formula is C71H55N. The van der Waals surface area contributed by atoms with E-state index in [2.05, 4.69) is 293 Å². The van der Waals surface area contributed by atoms with Gasteiger partial charge in [0, 0.05) is 27.8 Å². The van der Waals surface area contributed by atoms with Crippen molar-refractivity contribution < 1.29 is 0 Å². The van der Waals surface area contributed by atoms with E-state index in [1.54, 1.807) is 0 Å². The molecule has 0 aromatic heterocycles. The molecule has 11 aromatic rings. The smallest absolute Gasteiger partial charge is 0.0701 e. The van der Waals surface area contributed by atoms with Gasteiger partial charge in [-0.25, -0.2) is 0 Å². The van der Waals surface area contributed by atoms with E-state index in [4.69, 9.17) is 0 Å². The van der Waals surface area contributed by atoms with E-state index >= 15 is 0 Å². The molecule has 2 aliphatic carbocycles. The number of hydrogen-bond donors (Lipinski definition) is 0. The van der Waals surface area contributed by atoms with Crippen LogP contribution in [-0.4, -0.2) is 0 Å². The highest BCUT2D eigenvalue weighted by Gasteiger charge is 2.40. The van der Waals surface area contributed by atoms with Gasteiger partial charge in [0.15, 0.2) is 0 Å². The molecule has 0 aliphatic heterocycles. The highest BCUT2D eigenvalue weighted by Crippen LogP contribution is 2.56. The fraction of sp³-hybridized carbons (Fsp3) is 0.0986. The number of hydrogen-bond acceptors (Lipinski definition) is 1. The van der Waals surface area contributed by atoms with E-state index < -0.39 is 5.41 Å². The second-order valence-electron chi connectivity index (χ2n) is 20.8. The van der Waals surface area contributed by atoms with Crippen LogP contribution in [0.5, 0.6) is 0 Å². The van der Waals surface area contributed by atoms with Crippen LogP contribution in [0.1, 0.15) is 72.2 Å². The summed E-state index contributed by atoms with van der Waals surface area (Å²) in [6, 6.07) is 97.4. The molecule has 0 unspecified atom stereocenters. The molecule has 0 bridgehead atoms. The van der Waals surface area contributed by atoms with Gasteiger partial charge in [-0.05, 0) is 125 Å². The molecule has 1 nitrogen and oxygen atoms in total. The van der Waals surface area contributed by atoms with Crippen LogP contribution >= 0.6 is 0 Å². The van der Waals surface area contributed by atoms with Crippen molar-refractivity contribution in [1.82, 2.24) is 0 Å². The Bertz CT molecular complexity index is 3750. The van der Waals surface area contributed by atoms with Crippen molar-refractivity contribution in [2.45, 2.75) is 43.9 Å².